The molecule has 3 aromatic rings. The predicted octanol–water partition coefficient (Wildman–Crippen LogP) is 3.43. The molecule has 1 fully saturated rings. The van der Waals surface area contributed by atoms with E-state index >= 15 is 4.11 Å². The fourth-order valence-electron chi connectivity index (χ4n) is 5.63. The first-order chi connectivity index (χ1) is 15.2. The number of aliphatic hydroxyl groups excluding tert-OH is 1. The Bertz CT molecular complexity index is 1280. The molecule has 1 amide bonds. The fraction of sp³-hybridized carbons (Fsp3) is 0.391. The molecule has 1 saturated heterocycles. The molecule has 7 nitrogen and oxygen atoms in total. The minimum Gasteiger partial charge on any atom is -0.396 e. The number of ether oxygens (including phenoxy) is 1. The second kappa shape index (κ2) is 7.13. The van der Waals surface area contributed by atoms with Gasteiger partial charge in [-0.2, -0.15) is 0 Å². The minimum absolute atomic E-state index is 0.145. The van der Waals surface area contributed by atoms with Crippen LogP contribution in [0, 0.1) is 5.92 Å². The largest absolute Gasteiger partial charge is 0.396 e. The Morgan fingerprint density at radius 1 is 1.22 bits per heavy atom. The molecule has 3 N–H and O–H groups in total. The Morgan fingerprint density at radius 2 is 1.97 bits per heavy atom. The van der Waals surface area contributed by atoms with Crippen molar-refractivity contribution in [2.45, 2.75) is 43.7 Å². The number of aromatic nitrogens is 2. The van der Waals surface area contributed by atoms with Gasteiger partial charge in [0.1, 0.15) is 0 Å². The average molecular weight is 456 g/mol. The van der Waals surface area contributed by atoms with Crippen molar-refractivity contribution in [2.24, 2.45) is 5.92 Å². The molecule has 32 heavy (non-hydrogen) atoms. The lowest BCUT2D eigenvalue weighted by molar-refractivity contribution is -0.143. The van der Waals surface area contributed by atoms with Crippen molar-refractivity contribution < 1.29 is 18.7 Å². The van der Waals surface area contributed by atoms with Crippen LogP contribution in [0.15, 0.2) is 47.3 Å². The number of H-pyrrole nitrogens is 1. The highest BCUT2D eigenvalue weighted by Gasteiger charge is 2.65. The second-order valence-electron chi connectivity index (χ2n) is 9.27. The van der Waals surface area contributed by atoms with Crippen molar-refractivity contribution in [2.75, 3.05) is 11.9 Å². The number of benzene rings is 2. The van der Waals surface area contributed by atoms with Crippen LogP contribution in [-0.2, 0) is 15.1 Å². The van der Waals surface area contributed by atoms with Gasteiger partial charge in [0, 0.05) is 29.3 Å². The molecule has 9 heteroatoms. The van der Waals surface area contributed by atoms with Gasteiger partial charge < -0.3 is 19.3 Å². The standard InChI is InChI=1S/C23H26FN3O4Si/c1-13-20(32(2,3)24)19(10-11-28)31-23(13)16-12-14(8-9-18(16)25-22(23)30)27-21(29)15-6-4-5-7-17(15)26-27/h4-9,12-13,19-20,26,28H,10-11H2,1-3H3,(H,25,30)/t13-,19+,20-,23+/m1/s1. The van der Waals surface area contributed by atoms with Crippen LogP contribution in [0.25, 0.3) is 16.6 Å². The van der Waals surface area contributed by atoms with Gasteiger partial charge in [-0.1, -0.05) is 19.1 Å². The van der Waals surface area contributed by atoms with Crippen molar-refractivity contribution in [3.05, 3.63) is 58.4 Å². The zero-order valence-corrected chi connectivity index (χ0v) is 19.2. The van der Waals surface area contributed by atoms with Gasteiger partial charge >= 0.3 is 0 Å². The number of hydrogen-bond acceptors (Lipinski definition) is 4. The van der Waals surface area contributed by atoms with E-state index in [1.165, 1.54) is 4.68 Å². The number of nitrogens with one attached hydrogen (secondary N) is 2. The number of aliphatic hydroxyl groups is 1. The van der Waals surface area contributed by atoms with Crippen molar-refractivity contribution in [1.29, 1.82) is 0 Å². The normalized spacial score (nSPS) is 27.3. The summed E-state index contributed by atoms with van der Waals surface area (Å²) in [5.74, 6) is -0.758. The van der Waals surface area contributed by atoms with E-state index in [0.29, 0.717) is 27.8 Å². The zero-order chi connectivity index (χ0) is 22.8. The number of halogens is 1. The lowest BCUT2D eigenvalue weighted by atomic mass is 9.82. The number of anilines is 1. The molecule has 2 aliphatic rings. The molecule has 168 valence electrons. The smallest absolute Gasteiger partial charge is 0.279 e. The summed E-state index contributed by atoms with van der Waals surface area (Å²) in [5.41, 5.74) is 0.461. The summed E-state index contributed by atoms with van der Waals surface area (Å²) in [6.45, 7) is 4.95. The minimum atomic E-state index is -3.22. The number of fused-ring (bicyclic) bond motifs is 3. The SMILES string of the molecule is C[C@@H]1[C@@H]([Si](C)(C)F)[C@H](CCO)O[C@@]12C(=O)Nc1ccc(-n3[nH]c4ccccc4c3=O)cc12. The summed E-state index contributed by atoms with van der Waals surface area (Å²) >= 11 is 0. The first-order valence-electron chi connectivity index (χ1n) is 10.8. The van der Waals surface area contributed by atoms with Gasteiger partial charge in [0.15, 0.2) is 5.60 Å². The van der Waals surface area contributed by atoms with Gasteiger partial charge in [0.25, 0.3) is 11.5 Å². The topological polar surface area (TPSA) is 96.3 Å². The van der Waals surface area contributed by atoms with Crippen LogP contribution in [0.2, 0.25) is 18.6 Å². The first kappa shape index (κ1) is 21.1. The molecular formula is C23H26FN3O4Si. The van der Waals surface area contributed by atoms with Crippen LogP contribution >= 0.6 is 0 Å². The monoisotopic (exact) mass is 455 g/mol. The summed E-state index contributed by atoms with van der Waals surface area (Å²) in [6, 6.07) is 12.5. The zero-order valence-electron chi connectivity index (χ0n) is 18.2. The summed E-state index contributed by atoms with van der Waals surface area (Å²) in [6.07, 6.45) is -0.293. The molecule has 3 heterocycles. The van der Waals surface area contributed by atoms with Gasteiger partial charge in [-0.25, -0.2) is 4.68 Å². The van der Waals surface area contributed by atoms with E-state index in [-0.39, 0.29) is 24.5 Å². The van der Waals surface area contributed by atoms with Crippen LogP contribution in [0.3, 0.4) is 0 Å². The Labute approximate surface area is 185 Å². The van der Waals surface area contributed by atoms with E-state index < -0.39 is 31.6 Å². The number of para-hydroxylation sites is 1. The maximum Gasteiger partial charge on any atom is 0.279 e. The highest BCUT2D eigenvalue weighted by atomic mass is 28.4. The molecule has 1 spiro atoms. The van der Waals surface area contributed by atoms with Crippen molar-refractivity contribution in [3.8, 4) is 5.69 Å². The molecule has 2 aromatic carbocycles. The summed E-state index contributed by atoms with van der Waals surface area (Å²) in [4.78, 5) is 26.2. The molecular weight excluding hydrogens is 429 g/mol. The van der Waals surface area contributed by atoms with E-state index in [2.05, 4.69) is 10.4 Å². The molecule has 0 saturated carbocycles. The maximum absolute atomic E-state index is 15.4. The number of aromatic amines is 1. The number of nitrogens with zero attached hydrogens (tertiary/aromatic N) is 1. The Balaban J connectivity index is 1.66. The average Bonchev–Trinajstić information content (AvgIpc) is 3.33. The molecule has 0 radical (unpaired) electrons. The van der Waals surface area contributed by atoms with Gasteiger partial charge in [-0.15, -0.1) is 0 Å². The van der Waals surface area contributed by atoms with Crippen molar-refractivity contribution in [3.63, 3.8) is 0 Å². The summed E-state index contributed by atoms with van der Waals surface area (Å²) in [5, 5.41) is 16.1. The summed E-state index contributed by atoms with van der Waals surface area (Å²) < 4.78 is 23.2. The number of carbonyl (C=O) groups is 1. The van der Waals surface area contributed by atoms with E-state index in [1.54, 1.807) is 43.4 Å². The number of hydrogen-bond donors (Lipinski definition) is 3. The fourth-order valence-corrected chi connectivity index (χ4v) is 8.17. The molecule has 0 unspecified atom stereocenters. The van der Waals surface area contributed by atoms with Crippen LogP contribution in [0.5, 0.6) is 0 Å². The van der Waals surface area contributed by atoms with E-state index in [0.717, 1.165) is 0 Å². The highest BCUT2D eigenvalue weighted by molar-refractivity contribution is 6.72. The van der Waals surface area contributed by atoms with Crippen LogP contribution in [0.4, 0.5) is 9.80 Å². The van der Waals surface area contributed by atoms with Crippen molar-refractivity contribution in [1.82, 2.24) is 9.78 Å². The highest BCUT2D eigenvalue weighted by Crippen LogP contribution is 2.58. The van der Waals surface area contributed by atoms with Gasteiger partial charge in [0.2, 0.25) is 8.41 Å². The summed E-state index contributed by atoms with van der Waals surface area (Å²) in [7, 11) is -3.22. The van der Waals surface area contributed by atoms with E-state index in [4.69, 9.17) is 4.74 Å². The third-order valence-corrected chi connectivity index (χ3v) is 9.42. The molecule has 4 atom stereocenters. The third-order valence-electron chi connectivity index (χ3n) is 6.96. The predicted molar refractivity (Wildman–Crippen MR) is 122 cm³/mol. The third kappa shape index (κ3) is 2.84. The Kier molecular flexibility index (Phi) is 4.70. The van der Waals surface area contributed by atoms with E-state index in [9.17, 15) is 14.7 Å². The first-order valence-corrected chi connectivity index (χ1v) is 13.8. The lowest BCUT2D eigenvalue weighted by Gasteiger charge is -2.30. The van der Waals surface area contributed by atoms with Crippen LogP contribution < -0.4 is 10.9 Å². The second-order valence-corrected chi connectivity index (χ2v) is 13.1. The molecule has 0 bridgehead atoms. The van der Waals surface area contributed by atoms with Gasteiger partial charge in [-0.3, -0.25) is 14.7 Å². The number of carbonyl (C=O) groups excluding carboxylic acids is 1. The quantitative estimate of drug-likeness (QED) is 0.415. The van der Waals surface area contributed by atoms with Gasteiger partial charge in [-0.05, 0) is 49.8 Å². The molecule has 2 aliphatic heterocycles. The van der Waals surface area contributed by atoms with Crippen LogP contribution in [-0.4, -0.2) is 41.9 Å². The Morgan fingerprint density at radius 3 is 2.66 bits per heavy atom. The number of rotatable bonds is 4. The van der Waals surface area contributed by atoms with E-state index in [1.807, 2.05) is 19.1 Å². The van der Waals surface area contributed by atoms with Crippen molar-refractivity contribution >= 4 is 30.9 Å². The molecule has 0 aliphatic carbocycles. The Hall–Kier alpha value is -2.75. The maximum atomic E-state index is 15.4. The molecule has 1 aromatic heterocycles. The molecule has 5 rings (SSSR count). The number of amides is 1. The van der Waals surface area contributed by atoms with Crippen LogP contribution in [0.1, 0.15) is 18.9 Å². The lowest BCUT2D eigenvalue weighted by Crippen LogP contribution is -2.42. The van der Waals surface area contributed by atoms with Gasteiger partial charge in [0.05, 0.1) is 22.7 Å².